The van der Waals surface area contributed by atoms with E-state index < -0.39 is 5.54 Å². The second-order valence-corrected chi connectivity index (χ2v) is 5.72. The third-order valence-corrected chi connectivity index (χ3v) is 4.08. The number of carbonyl (C=O) groups is 1. The molecule has 1 aliphatic carbocycles. The molecule has 1 aliphatic rings. The molecule has 0 spiro atoms. The summed E-state index contributed by atoms with van der Waals surface area (Å²) < 4.78 is 18.1. The molecule has 3 nitrogen and oxygen atoms in total. The summed E-state index contributed by atoms with van der Waals surface area (Å²) in [6.07, 6.45) is 0.959. The standard InChI is InChI=1S/C18H18FNO2/c1-2-22-17(21)18(20)10-14-4-3-13(9-15(14)11-18)12-5-7-16(19)8-6-12/h3-9H,2,10-11,20H2,1H3. The quantitative estimate of drug-likeness (QED) is 0.887. The van der Waals surface area contributed by atoms with Crippen molar-refractivity contribution in [1.82, 2.24) is 0 Å². The van der Waals surface area contributed by atoms with Crippen molar-refractivity contribution in [3.63, 3.8) is 0 Å². The molecule has 0 bridgehead atoms. The van der Waals surface area contributed by atoms with E-state index in [0.29, 0.717) is 19.4 Å². The van der Waals surface area contributed by atoms with Crippen molar-refractivity contribution in [1.29, 1.82) is 0 Å². The number of carbonyl (C=O) groups excluding carboxylic acids is 1. The van der Waals surface area contributed by atoms with Gasteiger partial charge in [0.2, 0.25) is 0 Å². The fourth-order valence-electron chi connectivity index (χ4n) is 2.95. The molecule has 0 fully saturated rings. The van der Waals surface area contributed by atoms with Gasteiger partial charge in [0.25, 0.3) is 0 Å². The third-order valence-electron chi connectivity index (χ3n) is 4.08. The van der Waals surface area contributed by atoms with E-state index in [1.54, 1.807) is 19.1 Å². The molecule has 2 aromatic rings. The van der Waals surface area contributed by atoms with E-state index in [0.717, 1.165) is 22.3 Å². The molecular formula is C18H18FNO2. The molecule has 22 heavy (non-hydrogen) atoms. The van der Waals surface area contributed by atoms with Crippen molar-refractivity contribution < 1.29 is 13.9 Å². The Morgan fingerprint density at radius 3 is 2.45 bits per heavy atom. The zero-order chi connectivity index (χ0) is 15.7. The van der Waals surface area contributed by atoms with Crippen LogP contribution < -0.4 is 5.73 Å². The SMILES string of the molecule is CCOC(=O)C1(N)Cc2ccc(-c3ccc(F)cc3)cc2C1. The van der Waals surface area contributed by atoms with Gasteiger partial charge in [-0.1, -0.05) is 30.3 Å². The van der Waals surface area contributed by atoms with E-state index in [9.17, 15) is 9.18 Å². The Bertz CT molecular complexity index is 712. The first-order valence-corrected chi connectivity index (χ1v) is 7.36. The lowest BCUT2D eigenvalue weighted by atomic mass is 9.97. The van der Waals surface area contributed by atoms with E-state index in [2.05, 4.69) is 0 Å². The van der Waals surface area contributed by atoms with Crippen LogP contribution in [-0.2, 0) is 22.4 Å². The van der Waals surface area contributed by atoms with Gasteiger partial charge in [-0.25, -0.2) is 4.39 Å². The van der Waals surface area contributed by atoms with E-state index in [1.165, 1.54) is 12.1 Å². The molecule has 1 unspecified atom stereocenters. The minimum atomic E-state index is -0.972. The van der Waals surface area contributed by atoms with Gasteiger partial charge in [-0.2, -0.15) is 0 Å². The van der Waals surface area contributed by atoms with Crippen molar-refractivity contribution in [2.75, 3.05) is 6.61 Å². The zero-order valence-electron chi connectivity index (χ0n) is 12.4. The highest BCUT2D eigenvalue weighted by Crippen LogP contribution is 2.33. The van der Waals surface area contributed by atoms with Crippen molar-refractivity contribution in [3.05, 3.63) is 59.4 Å². The van der Waals surface area contributed by atoms with Crippen LogP contribution in [0.25, 0.3) is 11.1 Å². The van der Waals surface area contributed by atoms with Crippen LogP contribution in [0.4, 0.5) is 4.39 Å². The molecule has 2 N–H and O–H groups in total. The number of hydrogen-bond donors (Lipinski definition) is 1. The summed E-state index contributed by atoms with van der Waals surface area (Å²) in [7, 11) is 0. The molecular weight excluding hydrogens is 281 g/mol. The van der Waals surface area contributed by atoms with Gasteiger partial charge in [-0.3, -0.25) is 4.79 Å². The topological polar surface area (TPSA) is 52.3 Å². The van der Waals surface area contributed by atoms with E-state index in [1.807, 2.05) is 18.2 Å². The molecule has 0 saturated carbocycles. The summed E-state index contributed by atoms with van der Waals surface area (Å²) in [6.45, 7) is 2.10. The minimum Gasteiger partial charge on any atom is -0.465 e. The first-order valence-electron chi connectivity index (χ1n) is 7.36. The predicted molar refractivity (Wildman–Crippen MR) is 82.8 cm³/mol. The predicted octanol–water partition coefficient (Wildman–Crippen LogP) is 2.85. The number of rotatable bonds is 3. The molecule has 0 aromatic heterocycles. The summed E-state index contributed by atoms with van der Waals surface area (Å²) in [5.41, 5.74) is 9.31. The van der Waals surface area contributed by atoms with Gasteiger partial charge in [-0.15, -0.1) is 0 Å². The Morgan fingerprint density at radius 1 is 1.14 bits per heavy atom. The molecule has 0 aliphatic heterocycles. The number of benzene rings is 2. The van der Waals surface area contributed by atoms with Crippen LogP contribution in [0.1, 0.15) is 18.1 Å². The van der Waals surface area contributed by atoms with Crippen molar-refractivity contribution in [2.24, 2.45) is 5.73 Å². The largest absolute Gasteiger partial charge is 0.465 e. The highest BCUT2D eigenvalue weighted by Gasteiger charge is 2.41. The third kappa shape index (κ3) is 2.62. The van der Waals surface area contributed by atoms with Crippen LogP contribution in [0.3, 0.4) is 0 Å². The minimum absolute atomic E-state index is 0.256. The van der Waals surface area contributed by atoms with Crippen molar-refractivity contribution in [2.45, 2.75) is 25.3 Å². The monoisotopic (exact) mass is 299 g/mol. The first kappa shape index (κ1) is 14.7. The molecule has 0 heterocycles. The van der Waals surface area contributed by atoms with Crippen molar-refractivity contribution >= 4 is 5.97 Å². The fourth-order valence-corrected chi connectivity index (χ4v) is 2.95. The van der Waals surface area contributed by atoms with Crippen LogP contribution in [0, 0.1) is 5.82 Å². The Kier molecular flexibility index (Phi) is 3.71. The smallest absolute Gasteiger partial charge is 0.326 e. The average molecular weight is 299 g/mol. The lowest BCUT2D eigenvalue weighted by Gasteiger charge is -2.20. The summed E-state index contributed by atoms with van der Waals surface area (Å²) in [5.74, 6) is -0.609. The number of halogens is 1. The number of fused-ring (bicyclic) bond motifs is 1. The Labute approximate surface area is 128 Å². The maximum Gasteiger partial charge on any atom is 0.326 e. The van der Waals surface area contributed by atoms with Gasteiger partial charge in [-0.05, 0) is 41.3 Å². The van der Waals surface area contributed by atoms with E-state index in [4.69, 9.17) is 10.5 Å². The number of esters is 1. The number of ether oxygens (including phenoxy) is 1. The zero-order valence-corrected chi connectivity index (χ0v) is 12.4. The second kappa shape index (κ2) is 5.54. The Balaban J connectivity index is 1.89. The first-order chi connectivity index (χ1) is 10.5. The normalized spacial score (nSPS) is 19.8. The second-order valence-electron chi connectivity index (χ2n) is 5.72. The summed E-state index contributed by atoms with van der Waals surface area (Å²) in [5, 5.41) is 0. The molecule has 3 rings (SSSR count). The van der Waals surface area contributed by atoms with Gasteiger partial charge >= 0.3 is 5.97 Å². The highest BCUT2D eigenvalue weighted by molar-refractivity contribution is 5.83. The van der Waals surface area contributed by atoms with Gasteiger partial charge in [0.05, 0.1) is 6.61 Å². The maximum absolute atomic E-state index is 13.0. The molecule has 1 atom stereocenters. The molecule has 114 valence electrons. The van der Waals surface area contributed by atoms with E-state index >= 15 is 0 Å². The van der Waals surface area contributed by atoms with Crippen LogP contribution in [-0.4, -0.2) is 18.1 Å². The van der Waals surface area contributed by atoms with E-state index in [-0.39, 0.29) is 11.8 Å². The lowest BCUT2D eigenvalue weighted by Crippen LogP contribution is -2.50. The lowest BCUT2D eigenvalue weighted by molar-refractivity contribution is -0.149. The average Bonchev–Trinajstić information content (AvgIpc) is 2.85. The molecule has 0 amide bonds. The molecule has 0 radical (unpaired) electrons. The van der Waals surface area contributed by atoms with Crippen LogP contribution in [0.5, 0.6) is 0 Å². The summed E-state index contributed by atoms with van der Waals surface area (Å²) in [6, 6.07) is 12.4. The molecule has 2 aromatic carbocycles. The molecule has 4 heteroatoms. The number of nitrogens with two attached hydrogens (primary N) is 1. The summed E-state index contributed by atoms with van der Waals surface area (Å²) >= 11 is 0. The van der Waals surface area contributed by atoms with Gasteiger partial charge in [0.15, 0.2) is 0 Å². The number of hydrogen-bond acceptors (Lipinski definition) is 3. The van der Waals surface area contributed by atoms with Crippen molar-refractivity contribution in [3.8, 4) is 11.1 Å². The highest BCUT2D eigenvalue weighted by atomic mass is 19.1. The molecule has 0 saturated heterocycles. The fraction of sp³-hybridized carbons (Fsp3) is 0.278. The van der Waals surface area contributed by atoms with Gasteiger partial charge in [0.1, 0.15) is 11.4 Å². The van der Waals surface area contributed by atoms with Crippen LogP contribution in [0.2, 0.25) is 0 Å². The van der Waals surface area contributed by atoms with Gasteiger partial charge < -0.3 is 10.5 Å². The van der Waals surface area contributed by atoms with Crippen LogP contribution >= 0.6 is 0 Å². The summed E-state index contributed by atoms with van der Waals surface area (Å²) in [4.78, 5) is 12.0. The van der Waals surface area contributed by atoms with Gasteiger partial charge in [0, 0.05) is 12.8 Å². The Morgan fingerprint density at radius 2 is 1.77 bits per heavy atom. The Hall–Kier alpha value is -2.20. The van der Waals surface area contributed by atoms with Crippen LogP contribution in [0.15, 0.2) is 42.5 Å². The maximum atomic E-state index is 13.0.